The third-order valence-corrected chi connectivity index (χ3v) is 4.25. The maximum absolute atomic E-state index is 11.4. The van der Waals surface area contributed by atoms with Crippen molar-refractivity contribution in [2.75, 3.05) is 6.61 Å². The number of benzene rings is 1. The van der Waals surface area contributed by atoms with Crippen LogP contribution < -0.4 is 0 Å². The predicted molar refractivity (Wildman–Crippen MR) is 88.4 cm³/mol. The highest BCUT2D eigenvalue weighted by Gasteiger charge is 2.35. The Labute approximate surface area is 131 Å². The zero-order valence-corrected chi connectivity index (χ0v) is 13.0. The standard InChI is InChI=1S/C19H22O3/c1-14-6-8-15(9-7-14)16(13-20)10-12-19(2)11-4-3-5-17(19)18(21)22/h3-11,17,20H,12-13H2,1-2H3,(H,21,22)/b16-10+. The van der Waals surface area contributed by atoms with Crippen molar-refractivity contribution in [1.29, 1.82) is 0 Å². The van der Waals surface area contributed by atoms with E-state index in [4.69, 9.17) is 0 Å². The van der Waals surface area contributed by atoms with Crippen LogP contribution in [0.2, 0.25) is 0 Å². The van der Waals surface area contributed by atoms with E-state index in [0.717, 1.165) is 11.1 Å². The first-order valence-corrected chi connectivity index (χ1v) is 7.42. The molecule has 1 aromatic rings. The summed E-state index contributed by atoms with van der Waals surface area (Å²) in [7, 11) is 0. The molecule has 2 atom stereocenters. The fraction of sp³-hybridized carbons (Fsp3) is 0.316. The molecule has 0 saturated heterocycles. The Balaban J connectivity index is 2.23. The van der Waals surface area contributed by atoms with E-state index in [0.29, 0.717) is 6.42 Å². The van der Waals surface area contributed by atoms with Crippen molar-refractivity contribution in [3.8, 4) is 0 Å². The topological polar surface area (TPSA) is 57.5 Å². The molecule has 0 heterocycles. The summed E-state index contributed by atoms with van der Waals surface area (Å²) in [6, 6.07) is 7.96. The number of aliphatic hydroxyl groups excluding tert-OH is 1. The maximum atomic E-state index is 11.4. The molecule has 0 radical (unpaired) electrons. The zero-order valence-electron chi connectivity index (χ0n) is 13.0. The first-order chi connectivity index (χ1) is 10.5. The minimum absolute atomic E-state index is 0.0591. The molecule has 3 nitrogen and oxygen atoms in total. The molecule has 0 aromatic heterocycles. The number of hydrogen-bond donors (Lipinski definition) is 2. The summed E-state index contributed by atoms with van der Waals surface area (Å²) in [5.74, 6) is -1.37. The number of carbonyl (C=O) groups is 1. The fourth-order valence-electron chi connectivity index (χ4n) is 2.72. The van der Waals surface area contributed by atoms with Gasteiger partial charge in [0.2, 0.25) is 0 Å². The van der Waals surface area contributed by atoms with Gasteiger partial charge in [-0.05, 0) is 24.5 Å². The van der Waals surface area contributed by atoms with Crippen molar-refractivity contribution in [3.63, 3.8) is 0 Å². The van der Waals surface area contributed by atoms with Gasteiger partial charge < -0.3 is 10.2 Å². The van der Waals surface area contributed by atoms with Crippen molar-refractivity contribution in [1.82, 2.24) is 0 Å². The molecule has 2 unspecified atom stereocenters. The molecule has 1 aliphatic carbocycles. The Bertz CT molecular complexity index is 623. The third kappa shape index (κ3) is 3.55. The lowest BCUT2D eigenvalue weighted by Crippen LogP contribution is -2.31. The van der Waals surface area contributed by atoms with E-state index >= 15 is 0 Å². The SMILES string of the molecule is Cc1ccc(/C(=C/CC2(C)C=CC=CC2C(=O)O)CO)cc1. The highest BCUT2D eigenvalue weighted by atomic mass is 16.4. The molecule has 0 fully saturated rings. The van der Waals surface area contributed by atoms with Gasteiger partial charge in [-0.1, -0.05) is 67.1 Å². The number of hydrogen-bond acceptors (Lipinski definition) is 2. The second-order valence-electron chi connectivity index (χ2n) is 6.02. The van der Waals surface area contributed by atoms with E-state index in [1.165, 1.54) is 5.56 Å². The number of allylic oxidation sites excluding steroid dienone is 4. The third-order valence-electron chi connectivity index (χ3n) is 4.25. The van der Waals surface area contributed by atoms with E-state index in [-0.39, 0.29) is 6.61 Å². The van der Waals surface area contributed by atoms with Crippen molar-refractivity contribution < 1.29 is 15.0 Å². The predicted octanol–water partition coefficient (Wildman–Crippen LogP) is 3.59. The van der Waals surface area contributed by atoms with Crippen LogP contribution in [0, 0.1) is 18.3 Å². The zero-order chi connectivity index (χ0) is 16.2. The monoisotopic (exact) mass is 298 g/mol. The lowest BCUT2D eigenvalue weighted by atomic mass is 9.71. The normalized spacial score (nSPS) is 24.5. The average Bonchev–Trinajstić information content (AvgIpc) is 2.49. The van der Waals surface area contributed by atoms with Crippen LogP contribution in [0.25, 0.3) is 5.57 Å². The summed E-state index contributed by atoms with van der Waals surface area (Å²) in [5, 5.41) is 19.0. The van der Waals surface area contributed by atoms with Crippen LogP contribution in [0.5, 0.6) is 0 Å². The highest BCUT2D eigenvalue weighted by molar-refractivity contribution is 5.74. The van der Waals surface area contributed by atoms with Crippen LogP contribution in [0.4, 0.5) is 0 Å². The summed E-state index contributed by atoms with van der Waals surface area (Å²) in [4.78, 5) is 11.4. The van der Waals surface area contributed by atoms with Gasteiger partial charge in [0.15, 0.2) is 0 Å². The smallest absolute Gasteiger partial charge is 0.311 e. The molecular weight excluding hydrogens is 276 g/mol. The molecule has 1 aliphatic rings. The number of rotatable bonds is 5. The molecule has 0 aliphatic heterocycles. The molecule has 2 rings (SSSR count). The quantitative estimate of drug-likeness (QED) is 0.873. The Morgan fingerprint density at radius 2 is 1.95 bits per heavy atom. The van der Waals surface area contributed by atoms with Gasteiger partial charge in [0.1, 0.15) is 0 Å². The van der Waals surface area contributed by atoms with Gasteiger partial charge in [-0.15, -0.1) is 0 Å². The van der Waals surface area contributed by atoms with Crippen molar-refractivity contribution >= 4 is 11.5 Å². The van der Waals surface area contributed by atoms with Crippen molar-refractivity contribution in [2.24, 2.45) is 11.3 Å². The summed E-state index contributed by atoms with van der Waals surface area (Å²) in [5.41, 5.74) is 2.48. The highest BCUT2D eigenvalue weighted by Crippen LogP contribution is 2.38. The lowest BCUT2D eigenvalue weighted by Gasteiger charge is -2.31. The molecule has 3 heteroatoms. The molecule has 0 bridgehead atoms. The molecule has 1 aromatic carbocycles. The number of carboxylic acid groups (broad SMARTS) is 1. The van der Waals surface area contributed by atoms with E-state index in [1.807, 2.05) is 56.3 Å². The molecule has 22 heavy (non-hydrogen) atoms. The average molecular weight is 298 g/mol. The Hall–Kier alpha value is -2.13. The molecular formula is C19H22O3. The number of aryl methyl sites for hydroxylation is 1. The first kappa shape index (κ1) is 16.2. The largest absolute Gasteiger partial charge is 0.481 e. The van der Waals surface area contributed by atoms with Gasteiger partial charge in [-0.2, -0.15) is 0 Å². The summed E-state index contributed by atoms with van der Waals surface area (Å²) < 4.78 is 0. The van der Waals surface area contributed by atoms with Crippen molar-refractivity contribution in [3.05, 3.63) is 65.8 Å². The van der Waals surface area contributed by atoms with Gasteiger partial charge in [-0.3, -0.25) is 4.79 Å². The van der Waals surface area contributed by atoms with Crippen LogP contribution in [0.1, 0.15) is 24.5 Å². The van der Waals surface area contributed by atoms with Gasteiger partial charge in [-0.25, -0.2) is 0 Å². The molecule has 0 saturated carbocycles. The minimum Gasteiger partial charge on any atom is -0.481 e. The molecule has 116 valence electrons. The second-order valence-corrected chi connectivity index (χ2v) is 6.02. The van der Waals surface area contributed by atoms with Crippen molar-refractivity contribution in [2.45, 2.75) is 20.3 Å². The Kier molecular flexibility index (Phi) is 4.99. The Morgan fingerprint density at radius 3 is 2.55 bits per heavy atom. The second kappa shape index (κ2) is 6.75. The van der Waals surface area contributed by atoms with Gasteiger partial charge in [0.05, 0.1) is 12.5 Å². The minimum atomic E-state index is -0.822. The van der Waals surface area contributed by atoms with Gasteiger partial charge >= 0.3 is 5.97 Å². The molecule has 0 spiro atoms. The summed E-state index contributed by atoms with van der Waals surface area (Å²) in [6.45, 7) is 3.90. The first-order valence-electron chi connectivity index (χ1n) is 7.42. The van der Waals surface area contributed by atoms with E-state index in [2.05, 4.69) is 0 Å². The maximum Gasteiger partial charge on any atom is 0.311 e. The van der Waals surface area contributed by atoms with E-state index < -0.39 is 17.3 Å². The summed E-state index contributed by atoms with van der Waals surface area (Å²) in [6.07, 6.45) is 9.83. The summed E-state index contributed by atoms with van der Waals surface area (Å²) >= 11 is 0. The number of aliphatic hydroxyl groups is 1. The van der Waals surface area contributed by atoms with E-state index in [1.54, 1.807) is 12.2 Å². The van der Waals surface area contributed by atoms with Gasteiger partial charge in [0, 0.05) is 5.41 Å². The molecule has 2 N–H and O–H groups in total. The van der Waals surface area contributed by atoms with Crippen LogP contribution in [0.3, 0.4) is 0 Å². The van der Waals surface area contributed by atoms with Crippen LogP contribution >= 0.6 is 0 Å². The van der Waals surface area contributed by atoms with Crippen LogP contribution in [-0.4, -0.2) is 22.8 Å². The van der Waals surface area contributed by atoms with Gasteiger partial charge in [0.25, 0.3) is 0 Å². The molecule has 0 amide bonds. The number of carboxylic acids is 1. The number of aliphatic carboxylic acids is 1. The Morgan fingerprint density at radius 1 is 1.27 bits per heavy atom. The fourth-order valence-corrected chi connectivity index (χ4v) is 2.72. The van der Waals surface area contributed by atoms with E-state index in [9.17, 15) is 15.0 Å². The van der Waals surface area contributed by atoms with Crippen LogP contribution in [0.15, 0.2) is 54.6 Å². The van der Waals surface area contributed by atoms with Crippen LogP contribution in [-0.2, 0) is 4.79 Å². The lowest BCUT2D eigenvalue weighted by molar-refractivity contribution is -0.142.